The molecular formula is C38H56N6O16S. The van der Waals surface area contributed by atoms with Gasteiger partial charge in [0.05, 0.1) is 95.2 Å². The van der Waals surface area contributed by atoms with Gasteiger partial charge in [0.2, 0.25) is 11.8 Å². The van der Waals surface area contributed by atoms with E-state index in [1.165, 1.54) is 20.1 Å². The second-order valence-corrected chi connectivity index (χ2v) is 15.2. The lowest BCUT2D eigenvalue weighted by atomic mass is 10.0. The van der Waals surface area contributed by atoms with Crippen LogP contribution in [0.5, 0.6) is 11.5 Å². The maximum absolute atomic E-state index is 12.2. The van der Waals surface area contributed by atoms with Gasteiger partial charge in [-0.3, -0.25) is 34.1 Å². The summed E-state index contributed by atoms with van der Waals surface area (Å²) in [5, 5.41) is 24.1. The van der Waals surface area contributed by atoms with E-state index in [9.17, 15) is 38.9 Å². The standard InChI is InChI=1S/C38H56N6O16S/c1-25(59-38(50)60-43-34(47)9-10-35(43)48)26-22-29(53-2)30(23-28(26)44(51)52)58-13-5-8-33(46)40-12-15-55-17-19-57-21-20-56-18-16-54-14-11-39-32(45)7-4-3-6-31-36-27(24-61-31)41-37(49)42-36/h22-23,25,27,31,36H,3-21,24H2,1-2H3,(H,39,45)(H,40,46)(H2,41,42,49)/t25?,27-,31-,36-/m0/s1. The first kappa shape index (κ1) is 48.7. The number of carbonyl (C=O) groups excluding carboxylic acids is 6. The van der Waals surface area contributed by atoms with Crippen molar-refractivity contribution in [1.82, 2.24) is 26.3 Å². The highest BCUT2D eigenvalue weighted by Gasteiger charge is 2.42. The van der Waals surface area contributed by atoms with E-state index in [1.807, 2.05) is 11.8 Å². The summed E-state index contributed by atoms with van der Waals surface area (Å²) in [6.07, 6.45) is 0.750. The number of methoxy groups -OCH3 is 1. The minimum absolute atomic E-state index is 0.00388. The predicted molar refractivity (Wildman–Crippen MR) is 215 cm³/mol. The number of urea groups is 1. The fourth-order valence-electron chi connectivity index (χ4n) is 6.44. The molecule has 4 rings (SSSR count). The number of rotatable bonds is 30. The number of thioether (sulfide) groups is 1. The van der Waals surface area contributed by atoms with Crippen LogP contribution >= 0.6 is 11.8 Å². The zero-order chi connectivity index (χ0) is 44.0. The van der Waals surface area contributed by atoms with Gasteiger partial charge in [-0.1, -0.05) is 11.5 Å². The van der Waals surface area contributed by atoms with E-state index in [1.54, 1.807) is 0 Å². The molecule has 0 aliphatic carbocycles. The number of amides is 6. The SMILES string of the molecule is COc1cc(C(C)OC(=O)ON2C(=O)CCC2=O)c([N+](=O)[O-])cc1OCCCC(=O)NCCOCCOCCOCCOCCNC(=O)CCCC[C@@H]1SC[C@@H]2NC(=O)N[C@@H]21. The molecule has 3 saturated heterocycles. The average molecular weight is 885 g/mol. The highest BCUT2D eigenvalue weighted by Crippen LogP contribution is 2.39. The summed E-state index contributed by atoms with van der Waals surface area (Å²) >= 11 is 1.88. The minimum Gasteiger partial charge on any atom is -0.493 e. The number of nitro benzene ring substituents is 1. The van der Waals surface area contributed by atoms with Crippen molar-refractivity contribution in [3.63, 3.8) is 0 Å². The molecule has 61 heavy (non-hydrogen) atoms. The molecule has 0 saturated carbocycles. The molecule has 1 unspecified atom stereocenters. The normalized spacial score (nSPS) is 18.6. The maximum atomic E-state index is 12.2. The van der Waals surface area contributed by atoms with Gasteiger partial charge in [0.1, 0.15) is 6.10 Å². The molecule has 1 aromatic carbocycles. The molecule has 6 amide bonds. The Morgan fingerprint density at radius 2 is 1.43 bits per heavy atom. The van der Waals surface area contributed by atoms with E-state index < -0.39 is 34.7 Å². The lowest BCUT2D eigenvalue weighted by Gasteiger charge is -2.18. The summed E-state index contributed by atoms with van der Waals surface area (Å²) in [6.45, 7) is 5.01. The number of hydrogen-bond donors (Lipinski definition) is 4. The van der Waals surface area contributed by atoms with Gasteiger partial charge in [-0.05, 0) is 32.3 Å². The van der Waals surface area contributed by atoms with Crippen LogP contribution in [0.3, 0.4) is 0 Å². The number of imide groups is 1. The number of hydroxylamine groups is 2. The van der Waals surface area contributed by atoms with Gasteiger partial charge in [-0.25, -0.2) is 9.59 Å². The molecule has 0 radical (unpaired) electrons. The van der Waals surface area contributed by atoms with Gasteiger partial charge in [0.25, 0.3) is 17.5 Å². The number of nitro groups is 1. The topological polar surface area (TPSA) is 271 Å². The molecule has 4 N–H and O–H groups in total. The van der Waals surface area contributed by atoms with E-state index in [0.29, 0.717) is 69.5 Å². The second-order valence-electron chi connectivity index (χ2n) is 14.0. The van der Waals surface area contributed by atoms with Crippen molar-refractivity contribution in [3.8, 4) is 11.5 Å². The fraction of sp³-hybridized carbons (Fsp3) is 0.684. The van der Waals surface area contributed by atoms with Crippen molar-refractivity contribution in [2.24, 2.45) is 0 Å². The summed E-state index contributed by atoms with van der Waals surface area (Å²) in [4.78, 5) is 87.2. The predicted octanol–water partition coefficient (Wildman–Crippen LogP) is 2.07. The van der Waals surface area contributed by atoms with Gasteiger partial charge < -0.3 is 54.4 Å². The number of hydrogen-bond acceptors (Lipinski definition) is 17. The molecule has 4 atom stereocenters. The smallest absolute Gasteiger partial charge is 0.493 e. The Balaban J connectivity index is 0.930. The largest absolute Gasteiger partial charge is 0.534 e. The first-order chi connectivity index (χ1) is 29.5. The van der Waals surface area contributed by atoms with Crippen LogP contribution in [-0.4, -0.2) is 149 Å². The highest BCUT2D eigenvalue weighted by molar-refractivity contribution is 8.00. The lowest BCUT2D eigenvalue weighted by molar-refractivity contribution is -0.386. The summed E-state index contributed by atoms with van der Waals surface area (Å²) < 4.78 is 38.0. The van der Waals surface area contributed by atoms with Crippen LogP contribution in [0.2, 0.25) is 0 Å². The third kappa shape index (κ3) is 16.8. The van der Waals surface area contributed by atoms with E-state index in [0.717, 1.165) is 31.1 Å². The number of fused-ring (bicyclic) bond motifs is 1. The molecule has 1 aromatic rings. The Morgan fingerprint density at radius 1 is 0.836 bits per heavy atom. The number of unbranched alkanes of at least 4 members (excludes halogenated alkanes) is 1. The van der Waals surface area contributed by atoms with Crippen LogP contribution in [0, 0.1) is 10.1 Å². The van der Waals surface area contributed by atoms with Crippen molar-refractivity contribution in [1.29, 1.82) is 0 Å². The first-order valence-corrected chi connectivity index (χ1v) is 21.3. The van der Waals surface area contributed by atoms with E-state index in [4.69, 9.17) is 33.2 Å². The Bertz CT molecular complexity index is 1640. The van der Waals surface area contributed by atoms with Crippen molar-refractivity contribution in [2.45, 2.75) is 81.7 Å². The minimum atomic E-state index is -1.39. The number of carbonyl (C=O) groups is 6. The molecule has 23 heteroatoms. The second kappa shape index (κ2) is 26.4. The van der Waals surface area contributed by atoms with Gasteiger partial charge in [-0.2, -0.15) is 11.8 Å². The number of ether oxygens (including phenoxy) is 7. The molecule has 0 bridgehead atoms. The van der Waals surface area contributed by atoms with Crippen LogP contribution < -0.4 is 30.7 Å². The van der Waals surface area contributed by atoms with Crippen LogP contribution in [-0.2, 0) is 47.7 Å². The molecular weight excluding hydrogens is 829 g/mol. The summed E-state index contributed by atoms with van der Waals surface area (Å²) in [5.74, 6) is -0.586. The van der Waals surface area contributed by atoms with E-state index >= 15 is 0 Å². The third-order valence-corrected chi connectivity index (χ3v) is 11.0. The Labute approximate surface area is 357 Å². The van der Waals surface area contributed by atoms with Crippen molar-refractivity contribution >= 4 is 53.3 Å². The zero-order valence-corrected chi connectivity index (χ0v) is 35.3. The third-order valence-electron chi connectivity index (χ3n) is 9.53. The van der Waals surface area contributed by atoms with Gasteiger partial charge in [0, 0.05) is 49.8 Å². The van der Waals surface area contributed by atoms with E-state index in [2.05, 4.69) is 26.1 Å². The molecule has 3 aliphatic rings. The Kier molecular flexibility index (Phi) is 21.1. The molecule has 340 valence electrons. The number of nitrogens with one attached hydrogen (secondary N) is 4. The van der Waals surface area contributed by atoms with E-state index in [-0.39, 0.29) is 92.4 Å². The average Bonchev–Trinajstić information content (AvgIpc) is 3.90. The van der Waals surface area contributed by atoms with Crippen LogP contribution in [0.4, 0.5) is 15.3 Å². The quantitative estimate of drug-likeness (QED) is 0.0215. The molecule has 0 aromatic heterocycles. The van der Waals surface area contributed by atoms with Crippen LogP contribution in [0.1, 0.15) is 70.0 Å². The molecule has 3 fully saturated rings. The van der Waals surface area contributed by atoms with Crippen molar-refractivity contribution in [2.75, 3.05) is 85.4 Å². The van der Waals surface area contributed by atoms with Crippen LogP contribution in [0.15, 0.2) is 12.1 Å². The monoisotopic (exact) mass is 884 g/mol. The summed E-state index contributed by atoms with van der Waals surface area (Å²) in [6, 6.07) is 2.70. The van der Waals surface area contributed by atoms with Gasteiger partial charge in [0.15, 0.2) is 11.5 Å². The first-order valence-electron chi connectivity index (χ1n) is 20.2. The van der Waals surface area contributed by atoms with Crippen LogP contribution in [0.25, 0.3) is 0 Å². The molecule has 3 heterocycles. The number of benzene rings is 1. The Morgan fingerprint density at radius 3 is 2.02 bits per heavy atom. The fourth-order valence-corrected chi connectivity index (χ4v) is 7.98. The maximum Gasteiger partial charge on any atom is 0.534 e. The molecule has 3 aliphatic heterocycles. The molecule has 22 nitrogen and oxygen atoms in total. The van der Waals surface area contributed by atoms with Gasteiger partial charge >= 0.3 is 12.2 Å². The van der Waals surface area contributed by atoms with Crippen molar-refractivity contribution in [3.05, 3.63) is 27.8 Å². The molecule has 0 spiro atoms. The lowest BCUT2D eigenvalue weighted by Crippen LogP contribution is -2.36. The van der Waals surface area contributed by atoms with Gasteiger partial charge in [-0.15, -0.1) is 0 Å². The summed E-state index contributed by atoms with van der Waals surface area (Å²) in [7, 11) is 1.32. The van der Waals surface area contributed by atoms with Crippen molar-refractivity contribution < 1.29 is 71.7 Å². The Hall–Kier alpha value is -4.97. The summed E-state index contributed by atoms with van der Waals surface area (Å²) in [5.41, 5.74) is -0.507. The zero-order valence-electron chi connectivity index (χ0n) is 34.4. The number of nitrogens with zero attached hydrogens (tertiary/aromatic N) is 2. The highest BCUT2D eigenvalue weighted by atomic mass is 32.2.